The molecule has 0 radical (unpaired) electrons. The maximum atomic E-state index is 6.35. The lowest BCUT2D eigenvalue weighted by molar-refractivity contribution is -0.0761. The number of hydrogen-bond donors (Lipinski definition) is 2. The molecule has 3 nitrogen and oxygen atoms in total. The monoisotopic (exact) mass is 316 g/mol. The zero-order valence-corrected chi connectivity index (χ0v) is 13.5. The molecule has 0 saturated heterocycles. The Balaban J connectivity index is 2.37. The highest BCUT2D eigenvalue weighted by molar-refractivity contribution is 6.42. The molecule has 0 amide bonds. The molecule has 20 heavy (non-hydrogen) atoms. The topological polar surface area (TPSA) is 47.3 Å². The highest BCUT2D eigenvalue weighted by atomic mass is 35.5. The Labute approximate surface area is 130 Å². The molecule has 0 heterocycles. The van der Waals surface area contributed by atoms with E-state index in [9.17, 15) is 0 Å². The fraction of sp³-hybridized carbons (Fsp3) is 0.600. The molecule has 2 rings (SSSR count). The number of methoxy groups -OCH3 is 1. The number of hydrazine groups is 1. The SMILES string of the molecule is COC1(C(NN)c2cccc(Cl)c2Cl)CCC(C)CC1. The maximum absolute atomic E-state index is 6.35. The lowest BCUT2D eigenvalue weighted by atomic mass is 9.73. The minimum absolute atomic E-state index is 0.161. The number of benzene rings is 1. The largest absolute Gasteiger partial charge is 0.376 e. The summed E-state index contributed by atoms with van der Waals surface area (Å²) in [6.07, 6.45) is 4.18. The fourth-order valence-electron chi connectivity index (χ4n) is 3.13. The third-order valence-electron chi connectivity index (χ3n) is 4.51. The van der Waals surface area contributed by atoms with Gasteiger partial charge in [-0.1, -0.05) is 42.3 Å². The van der Waals surface area contributed by atoms with Crippen molar-refractivity contribution in [1.29, 1.82) is 0 Å². The van der Waals surface area contributed by atoms with E-state index in [2.05, 4.69) is 12.3 Å². The summed E-state index contributed by atoms with van der Waals surface area (Å²) in [4.78, 5) is 0. The van der Waals surface area contributed by atoms with Gasteiger partial charge in [0.25, 0.3) is 0 Å². The van der Waals surface area contributed by atoms with Crippen LogP contribution >= 0.6 is 23.2 Å². The highest BCUT2D eigenvalue weighted by Gasteiger charge is 2.42. The van der Waals surface area contributed by atoms with Crippen molar-refractivity contribution in [2.75, 3.05) is 7.11 Å². The van der Waals surface area contributed by atoms with E-state index in [-0.39, 0.29) is 11.6 Å². The van der Waals surface area contributed by atoms with Gasteiger partial charge in [-0.3, -0.25) is 11.3 Å². The number of nitrogens with two attached hydrogens (primary N) is 1. The summed E-state index contributed by atoms with van der Waals surface area (Å²) in [5.41, 5.74) is 3.47. The average molecular weight is 317 g/mol. The van der Waals surface area contributed by atoms with E-state index >= 15 is 0 Å². The zero-order chi connectivity index (χ0) is 14.8. The van der Waals surface area contributed by atoms with Gasteiger partial charge < -0.3 is 4.74 Å². The molecule has 1 aliphatic rings. The van der Waals surface area contributed by atoms with Gasteiger partial charge in [-0.25, -0.2) is 0 Å². The molecular weight excluding hydrogens is 295 g/mol. The molecule has 0 aromatic heterocycles. The van der Waals surface area contributed by atoms with Gasteiger partial charge >= 0.3 is 0 Å². The van der Waals surface area contributed by atoms with Crippen LogP contribution in [0, 0.1) is 5.92 Å². The van der Waals surface area contributed by atoms with Gasteiger partial charge in [0.1, 0.15) is 0 Å². The second-order valence-electron chi connectivity index (χ2n) is 5.69. The Hall–Kier alpha value is -0.320. The normalized spacial score (nSPS) is 28.4. The van der Waals surface area contributed by atoms with E-state index in [4.69, 9.17) is 33.8 Å². The average Bonchev–Trinajstić information content (AvgIpc) is 2.46. The highest BCUT2D eigenvalue weighted by Crippen LogP contribution is 2.44. The van der Waals surface area contributed by atoms with Crippen LogP contribution in [0.5, 0.6) is 0 Å². The molecule has 1 atom stereocenters. The molecule has 1 aromatic rings. The second-order valence-corrected chi connectivity index (χ2v) is 6.48. The zero-order valence-electron chi connectivity index (χ0n) is 12.0. The van der Waals surface area contributed by atoms with Crippen LogP contribution in [0.15, 0.2) is 18.2 Å². The van der Waals surface area contributed by atoms with Crippen molar-refractivity contribution in [2.45, 2.75) is 44.2 Å². The van der Waals surface area contributed by atoms with E-state index in [1.165, 1.54) is 0 Å². The number of hydrogen-bond acceptors (Lipinski definition) is 3. The van der Waals surface area contributed by atoms with Crippen LogP contribution in [0.25, 0.3) is 0 Å². The predicted molar refractivity (Wildman–Crippen MR) is 83.9 cm³/mol. The molecule has 1 saturated carbocycles. The first-order chi connectivity index (χ1) is 9.54. The van der Waals surface area contributed by atoms with Crippen LogP contribution in [-0.2, 0) is 4.74 Å². The van der Waals surface area contributed by atoms with Crippen molar-refractivity contribution in [3.05, 3.63) is 33.8 Å². The number of halogens is 2. The van der Waals surface area contributed by atoms with Crippen LogP contribution < -0.4 is 11.3 Å². The Morgan fingerprint density at radius 2 is 2.00 bits per heavy atom. The van der Waals surface area contributed by atoms with Gasteiger partial charge in [-0.2, -0.15) is 0 Å². The third-order valence-corrected chi connectivity index (χ3v) is 5.35. The minimum atomic E-state index is -0.324. The summed E-state index contributed by atoms with van der Waals surface area (Å²) in [6, 6.07) is 5.47. The molecule has 1 aromatic carbocycles. The molecule has 112 valence electrons. The van der Waals surface area contributed by atoms with E-state index < -0.39 is 0 Å². The summed E-state index contributed by atoms with van der Waals surface area (Å²) in [5, 5.41) is 1.09. The van der Waals surface area contributed by atoms with Crippen LogP contribution in [0.1, 0.15) is 44.2 Å². The number of ether oxygens (including phenoxy) is 1. The lowest BCUT2D eigenvalue weighted by Gasteiger charge is -2.44. The van der Waals surface area contributed by atoms with Crippen LogP contribution in [0.2, 0.25) is 10.0 Å². The lowest BCUT2D eigenvalue weighted by Crippen LogP contribution is -2.50. The van der Waals surface area contributed by atoms with E-state index in [0.29, 0.717) is 10.0 Å². The Morgan fingerprint density at radius 3 is 2.55 bits per heavy atom. The first-order valence-corrected chi connectivity index (χ1v) is 7.75. The molecule has 0 aliphatic heterocycles. The van der Waals surface area contributed by atoms with Crippen LogP contribution in [0.3, 0.4) is 0 Å². The first kappa shape index (κ1) is 16.1. The molecule has 0 spiro atoms. The van der Waals surface area contributed by atoms with Crippen molar-refractivity contribution in [2.24, 2.45) is 11.8 Å². The van der Waals surface area contributed by atoms with Gasteiger partial charge in [0.05, 0.1) is 21.7 Å². The van der Waals surface area contributed by atoms with Gasteiger partial charge in [-0.05, 0) is 43.2 Å². The van der Waals surface area contributed by atoms with Gasteiger partial charge in [0.15, 0.2) is 0 Å². The van der Waals surface area contributed by atoms with Crippen LogP contribution in [-0.4, -0.2) is 12.7 Å². The van der Waals surface area contributed by atoms with E-state index in [1.807, 2.05) is 12.1 Å². The Kier molecular flexibility index (Phi) is 5.32. The molecule has 1 unspecified atom stereocenters. The maximum Gasteiger partial charge on any atom is 0.0886 e. The van der Waals surface area contributed by atoms with Crippen molar-refractivity contribution in [3.8, 4) is 0 Å². The fourth-order valence-corrected chi connectivity index (χ4v) is 3.55. The standard InChI is InChI=1S/C15H22Cl2N2O/c1-10-6-8-15(20-2,9-7-10)14(19-18)11-4-3-5-12(16)13(11)17/h3-5,10,14,19H,6-9,18H2,1-2H3. The number of nitrogens with one attached hydrogen (secondary N) is 1. The van der Waals surface area contributed by atoms with Crippen molar-refractivity contribution in [1.82, 2.24) is 5.43 Å². The molecular formula is C15H22Cl2N2O. The summed E-state index contributed by atoms with van der Waals surface area (Å²) in [7, 11) is 1.75. The van der Waals surface area contributed by atoms with Crippen LogP contribution in [0.4, 0.5) is 0 Å². The Morgan fingerprint density at radius 1 is 1.35 bits per heavy atom. The number of rotatable bonds is 4. The molecule has 3 N–H and O–H groups in total. The first-order valence-electron chi connectivity index (χ1n) is 6.99. The van der Waals surface area contributed by atoms with E-state index in [1.54, 1.807) is 13.2 Å². The second kappa shape index (κ2) is 6.63. The van der Waals surface area contributed by atoms with E-state index in [0.717, 1.165) is 37.2 Å². The van der Waals surface area contributed by atoms with Gasteiger partial charge in [0, 0.05) is 7.11 Å². The summed E-state index contributed by atoms with van der Waals surface area (Å²) in [5.74, 6) is 6.55. The van der Waals surface area contributed by atoms with Crippen molar-refractivity contribution in [3.63, 3.8) is 0 Å². The molecule has 5 heteroatoms. The summed E-state index contributed by atoms with van der Waals surface area (Å²) < 4.78 is 5.89. The van der Waals surface area contributed by atoms with Crippen molar-refractivity contribution < 1.29 is 4.74 Å². The quantitative estimate of drug-likeness (QED) is 0.649. The molecule has 0 bridgehead atoms. The Bertz CT molecular complexity index is 459. The predicted octanol–water partition coefficient (Wildman–Crippen LogP) is 4.09. The van der Waals surface area contributed by atoms with Crippen molar-refractivity contribution >= 4 is 23.2 Å². The molecule has 1 aliphatic carbocycles. The smallest absolute Gasteiger partial charge is 0.0886 e. The van der Waals surface area contributed by atoms with Gasteiger partial charge in [0.2, 0.25) is 0 Å². The minimum Gasteiger partial charge on any atom is -0.376 e. The summed E-state index contributed by atoms with van der Waals surface area (Å²) in [6.45, 7) is 2.27. The molecule has 1 fully saturated rings. The van der Waals surface area contributed by atoms with Gasteiger partial charge in [-0.15, -0.1) is 0 Å². The third kappa shape index (κ3) is 2.97. The summed E-state index contributed by atoms with van der Waals surface area (Å²) >= 11 is 12.5.